The molecule has 0 aliphatic heterocycles. The lowest BCUT2D eigenvalue weighted by molar-refractivity contribution is -0.163. The van der Waals surface area contributed by atoms with Crippen molar-refractivity contribution in [2.45, 2.75) is 71.4 Å². The predicted molar refractivity (Wildman–Crippen MR) is 170 cm³/mol. The van der Waals surface area contributed by atoms with Gasteiger partial charge in [0.25, 0.3) is 5.91 Å². The van der Waals surface area contributed by atoms with Crippen molar-refractivity contribution in [3.05, 3.63) is 53.9 Å². The van der Waals surface area contributed by atoms with Crippen LogP contribution in [-0.4, -0.2) is 78.3 Å². The molecule has 1 amide bonds. The van der Waals surface area contributed by atoms with Crippen LogP contribution in [0.15, 0.2) is 42.6 Å². The van der Waals surface area contributed by atoms with Crippen molar-refractivity contribution >= 4 is 46.9 Å². The summed E-state index contributed by atoms with van der Waals surface area (Å²) < 4.78 is 20.8. The van der Waals surface area contributed by atoms with Gasteiger partial charge in [0.15, 0.2) is 11.4 Å². The van der Waals surface area contributed by atoms with Gasteiger partial charge >= 0.3 is 17.9 Å². The Hall–Kier alpha value is -5.27. The van der Waals surface area contributed by atoms with E-state index in [0.29, 0.717) is 12.0 Å². The molecule has 1 saturated carbocycles. The van der Waals surface area contributed by atoms with Crippen molar-refractivity contribution in [3.63, 3.8) is 0 Å². The maximum Gasteiger partial charge on any atom is 0.311 e. The minimum absolute atomic E-state index is 0.0571. The number of pyridine rings is 1. The second kappa shape index (κ2) is 17.8. The molecule has 1 N–H and O–H groups in total. The third kappa shape index (κ3) is 10.1. The number of hydrogen-bond acceptors (Lipinski definition) is 13. The number of unbranched alkanes of at least 4 members (excludes halogenated alkanes) is 1. The molecule has 262 valence electrons. The molecule has 0 unspecified atom stereocenters. The third-order valence-corrected chi connectivity index (χ3v) is 7.95. The van der Waals surface area contributed by atoms with Gasteiger partial charge in [0.1, 0.15) is 12.1 Å². The Morgan fingerprint density at radius 2 is 1.55 bits per heavy atom. The van der Waals surface area contributed by atoms with Crippen LogP contribution < -0.4 is 14.8 Å². The minimum Gasteiger partial charge on any atom is -0.493 e. The fourth-order valence-electron chi connectivity index (χ4n) is 5.16. The highest BCUT2D eigenvalue weighted by atomic mass is 16.6. The average molecular weight is 681 g/mol. The van der Waals surface area contributed by atoms with Crippen LogP contribution in [0, 0.1) is 17.8 Å². The van der Waals surface area contributed by atoms with E-state index in [1.807, 2.05) is 0 Å². The number of amides is 1. The SMILES string of the molecule is COC(=O)CCCCC(=O)Oc1c(OC)ccnc1C(=O)N[C@H]1CC(=O)C(=O)[C@H](Cc2ccccc2)[C@H](OC(=O)C(C)C)[C@H](C)C(=O)C1=O. The zero-order valence-corrected chi connectivity index (χ0v) is 28.0. The number of carbonyl (C=O) groups is 8. The number of ether oxygens (including phenoxy) is 4. The van der Waals surface area contributed by atoms with Gasteiger partial charge < -0.3 is 24.3 Å². The Labute approximate surface area is 283 Å². The second-order valence-electron chi connectivity index (χ2n) is 11.8. The van der Waals surface area contributed by atoms with Gasteiger partial charge in [0.05, 0.1) is 32.0 Å². The molecule has 14 heteroatoms. The lowest BCUT2D eigenvalue weighted by atomic mass is 9.81. The van der Waals surface area contributed by atoms with Gasteiger partial charge in [-0.2, -0.15) is 0 Å². The first-order valence-corrected chi connectivity index (χ1v) is 15.8. The third-order valence-electron chi connectivity index (χ3n) is 7.95. The summed E-state index contributed by atoms with van der Waals surface area (Å²) in [6, 6.07) is 8.13. The number of ketones is 4. The molecule has 4 atom stereocenters. The van der Waals surface area contributed by atoms with Crippen molar-refractivity contribution < 1.29 is 57.3 Å². The summed E-state index contributed by atoms with van der Waals surface area (Å²) in [7, 11) is 2.50. The molecule has 0 saturated heterocycles. The van der Waals surface area contributed by atoms with Crippen LogP contribution in [0.5, 0.6) is 11.5 Å². The average Bonchev–Trinajstić information content (AvgIpc) is 3.11. The van der Waals surface area contributed by atoms with Crippen LogP contribution in [-0.2, 0) is 49.5 Å². The second-order valence-corrected chi connectivity index (χ2v) is 11.8. The standard InChI is InChI=1S/C35H40N2O12/c1-19(2)35(45)49-32-20(3)29(41)31(43)23(18-24(38)30(42)22(32)17-21-11-7-6-8-12-21)37-34(44)28-33(25(46-4)15-16-36-28)48-27(40)14-10-9-13-26(39)47-5/h6-8,11-12,15-16,19-20,22-23,32H,9-10,13-14,17-18H2,1-5H3,(H,37,44)/t20-,22+,23+,32-/m1/s1. The molecule has 49 heavy (non-hydrogen) atoms. The maximum absolute atomic E-state index is 13.7. The number of Topliss-reactive ketones (excluding diaryl/α,β-unsaturated/α-hetero) is 4. The van der Waals surface area contributed by atoms with Gasteiger partial charge in [-0.15, -0.1) is 0 Å². The van der Waals surface area contributed by atoms with E-state index in [-0.39, 0.29) is 37.2 Å². The summed E-state index contributed by atoms with van der Waals surface area (Å²) in [5.74, 6) is -11.1. The van der Waals surface area contributed by atoms with Gasteiger partial charge in [-0.25, -0.2) is 4.98 Å². The molecule has 1 aromatic carbocycles. The van der Waals surface area contributed by atoms with Gasteiger partial charge in [-0.3, -0.25) is 38.4 Å². The van der Waals surface area contributed by atoms with E-state index in [0.717, 1.165) is 0 Å². The Morgan fingerprint density at radius 1 is 0.898 bits per heavy atom. The molecule has 1 aromatic heterocycles. The van der Waals surface area contributed by atoms with E-state index >= 15 is 0 Å². The number of hydrogen-bond donors (Lipinski definition) is 1. The van der Waals surface area contributed by atoms with Crippen LogP contribution in [0.25, 0.3) is 0 Å². The van der Waals surface area contributed by atoms with E-state index in [2.05, 4.69) is 15.0 Å². The molecule has 1 heterocycles. The van der Waals surface area contributed by atoms with E-state index < -0.39 is 89.0 Å². The van der Waals surface area contributed by atoms with Crippen LogP contribution in [0.2, 0.25) is 0 Å². The lowest BCUT2D eigenvalue weighted by Crippen LogP contribution is -2.48. The molecule has 1 aliphatic rings. The monoisotopic (exact) mass is 680 g/mol. The summed E-state index contributed by atoms with van der Waals surface area (Å²) in [6.07, 6.45) is -0.627. The summed E-state index contributed by atoms with van der Waals surface area (Å²) in [4.78, 5) is 109. The van der Waals surface area contributed by atoms with Gasteiger partial charge in [0, 0.05) is 31.5 Å². The number of rotatable bonds is 13. The van der Waals surface area contributed by atoms with Gasteiger partial charge in [-0.05, 0) is 24.8 Å². The first-order valence-electron chi connectivity index (χ1n) is 15.8. The zero-order chi connectivity index (χ0) is 36.2. The number of benzene rings is 1. The van der Waals surface area contributed by atoms with Crippen molar-refractivity contribution in [2.24, 2.45) is 17.8 Å². The van der Waals surface area contributed by atoms with Crippen LogP contribution in [0.3, 0.4) is 0 Å². The molecule has 1 fully saturated rings. The van der Waals surface area contributed by atoms with Crippen molar-refractivity contribution in [1.29, 1.82) is 0 Å². The molecule has 0 bridgehead atoms. The number of aromatic nitrogens is 1. The highest BCUT2D eigenvalue weighted by molar-refractivity contribution is 6.44. The number of esters is 3. The molecule has 0 radical (unpaired) electrons. The van der Waals surface area contributed by atoms with Crippen molar-refractivity contribution in [2.75, 3.05) is 14.2 Å². The summed E-state index contributed by atoms with van der Waals surface area (Å²) >= 11 is 0. The normalized spacial score (nSPS) is 19.7. The van der Waals surface area contributed by atoms with Crippen LogP contribution >= 0.6 is 0 Å². The fraction of sp³-hybridized carbons (Fsp3) is 0.457. The highest BCUT2D eigenvalue weighted by Crippen LogP contribution is 2.31. The summed E-state index contributed by atoms with van der Waals surface area (Å²) in [5.41, 5.74) is 0.129. The van der Waals surface area contributed by atoms with Gasteiger partial charge in [-0.1, -0.05) is 51.1 Å². The van der Waals surface area contributed by atoms with E-state index in [1.54, 1.807) is 44.2 Å². The van der Waals surface area contributed by atoms with Crippen molar-refractivity contribution in [1.82, 2.24) is 10.3 Å². The minimum atomic E-state index is -1.80. The Kier molecular flexibility index (Phi) is 13.8. The molecule has 2 aromatic rings. The van der Waals surface area contributed by atoms with E-state index in [1.165, 1.54) is 33.4 Å². The molecular weight excluding hydrogens is 640 g/mol. The number of nitrogens with one attached hydrogen (secondary N) is 1. The topological polar surface area (TPSA) is 198 Å². The number of methoxy groups -OCH3 is 2. The smallest absolute Gasteiger partial charge is 0.311 e. The lowest BCUT2D eigenvalue weighted by Gasteiger charge is -2.29. The van der Waals surface area contributed by atoms with Crippen LogP contribution in [0.4, 0.5) is 0 Å². The Bertz CT molecular complexity index is 1590. The van der Waals surface area contributed by atoms with Gasteiger partial charge in [0.2, 0.25) is 28.9 Å². The molecular formula is C35H40N2O12. The zero-order valence-electron chi connectivity index (χ0n) is 28.0. The molecule has 3 rings (SSSR count). The summed E-state index contributed by atoms with van der Waals surface area (Å²) in [6.45, 7) is 4.44. The molecule has 14 nitrogen and oxygen atoms in total. The first kappa shape index (κ1) is 38.2. The number of nitrogens with zero attached hydrogens (tertiary/aromatic N) is 1. The van der Waals surface area contributed by atoms with Crippen LogP contribution in [0.1, 0.15) is 68.9 Å². The molecule has 1 aliphatic carbocycles. The van der Waals surface area contributed by atoms with E-state index in [4.69, 9.17) is 14.2 Å². The maximum atomic E-state index is 13.7. The fourth-order valence-corrected chi connectivity index (χ4v) is 5.16. The quantitative estimate of drug-likeness (QED) is 0.184. The predicted octanol–water partition coefficient (Wildman–Crippen LogP) is 2.57. The first-order chi connectivity index (χ1) is 23.3. The summed E-state index contributed by atoms with van der Waals surface area (Å²) in [5, 5.41) is 2.31. The highest BCUT2D eigenvalue weighted by Gasteiger charge is 2.46. The van der Waals surface area contributed by atoms with Crippen molar-refractivity contribution in [3.8, 4) is 11.5 Å². The number of carbonyl (C=O) groups excluding carboxylic acids is 8. The largest absolute Gasteiger partial charge is 0.493 e. The Morgan fingerprint density at radius 3 is 2.16 bits per heavy atom. The Balaban J connectivity index is 1.91. The molecule has 0 spiro atoms. The van der Waals surface area contributed by atoms with E-state index in [9.17, 15) is 38.4 Å².